The summed E-state index contributed by atoms with van der Waals surface area (Å²) in [4.78, 5) is 5.14. The van der Waals surface area contributed by atoms with Crippen LogP contribution >= 0.6 is 0 Å². The second-order valence-electron chi connectivity index (χ2n) is 1.77. The Morgan fingerprint density at radius 1 is 1.33 bits per heavy atom. The molecule has 56 valence electrons. The molecule has 0 radical (unpaired) electrons. The highest BCUT2D eigenvalue weighted by atomic mass is 16.7. The van der Waals surface area contributed by atoms with Gasteiger partial charge in [-0.25, -0.2) is 0 Å². The predicted octanol–water partition coefficient (Wildman–Crippen LogP) is 0.516. The quantitative estimate of drug-likeness (QED) is 0.403. The summed E-state index contributed by atoms with van der Waals surface area (Å²) in [6.07, 6.45) is 0. The molecule has 9 heavy (non-hydrogen) atoms. The molecule has 3 heteroatoms. The zero-order valence-electron chi connectivity index (χ0n) is 6.39. The van der Waals surface area contributed by atoms with E-state index in [9.17, 15) is 0 Å². The van der Waals surface area contributed by atoms with Crippen LogP contribution in [-0.4, -0.2) is 39.0 Å². The van der Waals surface area contributed by atoms with Crippen LogP contribution in [0.15, 0.2) is 0 Å². The van der Waals surface area contributed by atoms with Crippen LogP contribution in [-0.2, 0) is 9.57 Å². The van der Waals surface area contributed by atoms with Crippen LogP contribution in [0.25, 0.3) is 0 Å². The fraction of sp³-hybridized carbons (Fsp3) is 1.00. The largest absolute Gasteiger partial charge is 0.382 e. The van der Waals surface area contributed by atoms with E-state index < -0.39 is 0 Å². The summed E-state index contributed by atoms with van der Waals surface area (Å²) in [5, 5.41) is 1.78. The lowest BCUT2D eigenvalue weighted by atomic mass is 10.7. The molecule has 0 fully saturated rings. The summed E-state index contributed by atoms with van der Waals surface area (Å²) in [5.74, 6) is 0. The van der Waals surface area contributed by atoms with E-state index in [-0.39, 0.29) is 0 Å². The van der Waals surface area contributed by atoms with Crippen LogP contribution in [0, 0.1) is 0 Å². The van der Waals surface area contributed by atoms with E-state index in [2.05, 4.69) is 0 Å². The Bertz CT molecular complexity index is 59.0. The first-order valence-electron chi connectivity index (χ1n) is 3.14. The van der Waals surface area contributed by atoms with Crippen LogP contribution in [0.1, 0.15) is 6.92 Å². The SMILES string of the molecule is CCN(C)OCCOC. The van der Waals surface area contributed by atoms with Gasteiger partial charge >= 0.3 is 0 Å². The molecular weight excluding hydrogens is 118 g/mol. The number of rotatable bonds is 5. The molecule has 0 spiro atoms. The molecular formula is C6H15NO2. The van der Waals surface area contributed by atoms with Gasteiger partial charge in [0.05, 0.1) is 13.2 Å². The molecule has 0 saturated carbocycles. The van der Waals surface area contributed by atoms with Crippen molar-refractivity contribution in [1.29, 1.82) is 0 Å². The molecule has 0 aromatic heterocycles. The lowest BCUT2D eigenvalue weighted by molar-refractivity contribution is -0.146. The molecule has 0 aliphatic rings. The molecule has 0 amide bonds. The normalized spacial score (nSPS) is 10.7. The third kappa shape index (κ3) is 5.76. The molecule has 0 N–H and O–H groups in total. The average Bonchev–Trinajstić information content (AvgIpc) is 1.89. The first-order valence-corrected chi connectivity index (χ1v) is 3.14. The number of ether oxygens (including phenoxy) is 1. The van der Waals surface area contributed by atoms with Gasteiger partial charge in [0.25, 0.3) is 0 Å². The number of hydroxylamine groups is 2. The maximum absolute atomic E-state index is 5.14. The second-order valence-corrected chi connectivity index (χ2v) is 1.77. The van der Waals surface area contributed by atoms with Crippen molar-refractivity contribution >= 4 is 0 Å². The molecule has 3 nitrogen and oxygen atoms in total. The maximum atomic E-state index is 5.14. The topological polar surface area (TPSA) is 21.7 Å². The van der Waals surface area contributed by atoms with Crippen molar-refractivity contribution in [3.8, 4) is 0 Å². The summed E-state index contributed by atoms with van der Waals surface area (Å²) in [7, 11) is 3.56. The molecule has 0 bridgehead atoms. The number of hydrogen-bond donors (Lipinski definition) is 0. The molecule has 0 unspecified atom stereocenters. The van der Waals surface area contributed by atoms with E-state index in [0.717, 1.165) is 6.54 Å². The first-order chi connectivity index (χ1) is 4.31. The summed E-state index contributed by atoms with van der Waals surface area (Å²) >= 11 is 0. The molecule has 0 heterocycles. The lowest BCUT2D eigenvalue weighted by Crippen LogP contribution is -2.20. The Morgan fingerprint density at radius 2 is 2.00 bits per heavy atom. The van der Waals surface area contributed by atoms with Gasteiger partial charge in [0.1, 0.15) is 0 Å². The highest BCUT2D eigenvalue weighted by molar-refractivity contribution is 4.26. The van der Waals surface area contributed by atoms with Gasteiger partial charge in [0, 0.05) is 20.7 Å². The van der Waals surface area contributed by atoms with Crippen molar-refractivity contribution in [3.63, 3.8) is 0 Å². The highest BCUT2D eigenvalue weighted by Crippen LogP contribution is 1.82. The Kier molecular flexibility index (Phi) is 5.93. The van der Waals surface area contributed by atoms with Crippen molar-refractivity contribution in [2.45, 2.75) is 6.92 Å². The Labute approximate surface area is 56.5 Å². The highest BCUT2D eigenvalue weighted by Gasteiger charge is 1.90. The monoisotopic (exact) mass is 133 g/mol. The standard InChI is InChI=1S/C6H15NO2/c1-4-7(2)9-6-5-8-3/h4-6H2,1-3H3. The van der Waals surface area contributed by atoms with Crippen LogP contribution in [0.2, 0.25) is 0 Å². The van der Waals surface area contributed by atoms with Gasteiger partial charge in [0.15, 0.2) is 0 Å². The molecule has 0 aliphatic carbocycles. The van der Waals surface area contributed by atoms with Gasteiger partial charge in [-0.1, -0.05) is 6.92 Å². The van der Waals surface area contributed by atoms with Crippen molar-refractivity contribution in [3.05, 3.63) is 0 Å². The van der Waals surface area contributed by atoms with Crippen LogP contribution in [0.3, 0.4) is 0 Å². The summed E-state index contributed by atoms with van der Waals surface area (Å²) in [6, 6.07) is 0. The summed E-state index contributed by atoms with van der Waals surface area (Å²) in [6.45, 7) is 4.24. The van der Waals surface area contributed by atoms with Gasteiger partial charge in [-0.05, 0) is 0 Å². The fourth-order valence-electron chi connectivity index (χ4n) is 0.368. The second kappa shape index (κ2) is 6.01. The minimum Gasteiger partial charge on any atom is -0.382 e. The van der Waals surface area contributed by atoms with Crippen molar-refractivity contribution < 1.29 is 9.57 Å². The molecule has 0 rings (SSSR count). The van der Waals surface area contributed by atoms with E-state index in [1.807, 2.05) is 14.0 Å². The zero-order chi connectivity index (χ0) is 7.11. The number of methoxy groups -OCH3 is 1. The van der Waals surface area contributed by atoms with E-state index in [0.29, 0.717) is 13.2 Å². The molecule has 0 atom stereocenters. The van der Waals surface area contributed by atoms with Crippen molar-refractivity contribution in [2.75, 3.05) is 33.9 Å². The zero-order valence-corrected chi connectivity index (χ0v) is 6.39. The summed E-state index contributed by atoms with van der Waals surface area (Å²) in [5.41, 5.74) is 0. The van der Waals surface area contributed by atoms with Gasteiger partial charge in [-0.15, -0.1) is 0 Å². The average molecular weight is 133 g/mol. The molecule has 0 aromatic rings. The number of nitrogens with zero attached hydrogens (tertiary/aromatic N) is 1. The smallest absolute Gasteiger partial charge is 0.0918 e. The van der Waals surface area contributed by atoms with E-state index >= 15 is 0 Å². The van der Waals surface area contributed by atoms with E-state index in [4.69, 9.17) is 9.57 Å². The van der Waals surface area contributed by atoms with Crippen LogP contribution < -0.4 is 0 Å². The van der Waals surface area contributed by atoms with Crippen LogP contribution in [0.5, 0.6) is 0 Å². The van der Waals surface area contributed by atoms with Crippen LogP contribution in [0.4, 0.5) is 0 Å². The van der Waals surface area contributed by atoms with Gasteiger partial charge in [-0.2, -0.15) is 5.06 Å². The minimum absolute atomic E-state index is 0.640. The van der Waals surface area contributed by atoms with Gasteiger partial charge in [0.2, 0.25) is 0 Å². The fourth-order valence-corrected chi connectivity index (χ4v) is 0.368. The molecule has 0 aliphatic heterocycles. The number of hydrogen-bond acceptors (Lipinski definition) is 3. The van der Waals surface area contributed by atoms with Crippen molar-refractivity contribution in [1.82, 2.24) is 5.06 Å². The third-order valence-electron chi connectivity index (χ3n) is 1.04. The van der Waals surface area contributed by atoms with Gasteiger partial charge in [-0.3, -0.25) is 4.84 Å². The third-order valence-corrected chi connectivity index (χ3v) is 1.04. The predicted molar refractivity (Wildman–Crippen MR) is 36.1 cm³/mol. The summed E-state index contributed by atoms with van der Waals surface area (Å²) < 4.78 is 4.79. The Morgan fingerprint density at radius 3 is 2.44 bits per heavy atom. The molecule has 0 aromatic carbocycles. The Hall–Kier alpha value is -0.120. The first kappa shape index (κ1) is 8.88. The molecule has 0 saturated heterocycles. The maximum Gasteiger partial charge on any atom is 0.0918 e. The van der Waals surface area contributed by atoms with E-state index in [1.165, 1.54) is 0 Å². The van der Waals surface area contributed by atoms with E-state index in [1.54, 1.807) is 12.2 Å². The Balaban J connectivity index is 2.88. The van der Waals surface area contributed by atoms with Gasteiger partial charge < -0.3 is 4.74 Å². The van der Waals surface area contributed by atoms with Crippen molar-refractivity contribution in [2.24, 2.45) is 0 Å². The minimum atomic E-state index is 0.640. The lowest BCUT2D eigenvalue weighted by Gasteiger charge is -2.12.